The standard InChI is InChI=1S/C25H27N3O3S/c1-19-8-12-23(13-9-19)32(30,31)26-24-18-21(11-10-20(24)2)25(29)28-16-14-27(15-17-28)22-6-4-3-5-7-22/h3-13,18,26H,14-17H2,1-2H3. The van der Waals surface area contributed by atoms with E-state index in [1.165, 1.54) is 0 Å². The second-order valence-electron chi connectivity index (χ2n) is 8.06. The highest BCUT2D eigenvalue weighted by Crippen LogP contribution is 2.23. The van der Waals surface area contributed by atoms with Crippen molar-refractivity contribution >= 4 is 27.3 Å². The van der Waals surface area contributed by atoms with Crippen LogP contribution in [0.5, 0.6) is 0 Å². The van der Waals surface area contributed by atoms with Gasteiger partial charge in [0, 0.05) is 37.4 Å². The maximum Gasteiger partial charge on any atom is 0.261 e. The predicted octanol–water partition coefficient (Wildman–Crippen LogP) is 4.07. The number of para-hydroxylation sites is 1. The Bertz CT molecular complexity index is 1200. The van der Waals surface area contributed by atoms with E-state index in [4.69, 9.17) is 0 Å². The van der Waals surface area contributed by atoms with Crippen LogP contribution in [0.2, 0.25) is 0 Å². The number of sulfonamides is 1. The molecule has 1 N–H and O–H groups in total. The molecule has 1 heterocycles. The highest BCUT2D eigenvalue weighted by atomic mass is 32.2. The molecule has 1 aliphatic heterocycles. The summed E-state index contributed by atoms with van der Waals surface area (Å²) in [4.78, 5) is 17.4. The first-order chi connectivity index (χ1) is 15.3. The summed E-state index contributed by atoms with van der Waals surface area (Å²) in [6.07, 6.45) is 0. The monoisotopic (exact) mass is 449 g/mol. The summed E-state index contributed by atoms with van der Waals surface area (Å²) >= 11 is 0. The smallest absolute Gasteiger partial charge is 0.261 e. The maximum atomic E-state index is 13.1. The normalized spacial score (nSPS) is 14.3. The molecular formula is C25H27N3O3S. The van der Waals surface area contributed by atoms with Crippen LogP contribution >= 0.6 is 0 Å². The van der Waals surface area contributed by atoms with Crippen LogP contribution in [0.4, 0.5) is 11.4 Å². The number of carbonyl (C=O) groups excluding carboxylic acids is 1. The molecule has 7 heteroatoms. The largest absolute Gasteiger partial charge is 0.368 e. The topological polar surface area (TPSA) is 69.7 Å². The van der Waals surface area contributed by atoms with Crippen LogP contribution in [0.3, 0.4) is 0 Å². The molecule has 3 aromatic rings. The third kappa shape index (κ3) is 4.78. The first kappa shape index (κ1) is 21.9. The average molecular weight is 450 g/mol. The minimum atomic E-state index is -3.74. The second-order valence-corrected chi connectivity index (χ2v) is 9.75. The van der Waals surface area contributed by atoms with Crippen molar-refractivity contribution < 1.29 is 13.2 Å². The van der Waals surface area contributed by atoms with Gasteiger partial charge in [-0.15, -0.1) is 0 Å². The van der Waals surface area contributed by atoms with Gasteiger partial charge in [0.05, 0.1) is 10.6 Å². The van der Waals surface area contributed by atoms with Gasteiger partial charge >= 0.3 is 0 Å². The molecule has 1 fully saturated rings. The fourth-order valence-corrected chi connectivity index (χ4v) is 4.90. The highest BCUT2D eigenvalue weighted by molar-refractivity contribution is 7.92. The van der Waals surface area contributed by atoms with E-state index in [9.17, 15) is 13.2 Å². The van der Waals surface area contributed by atoms with Crippen LogP contribution in [0, 0.1) is 13.8 Å². The van der Waals surface area contributed by atoms with Crippen molar-refractivity contribution in [2.24, 2.45) is 0 Å². The summed E-state index contributed by atoms with van der Waals surface area (Å²) in [5, 5.41) is 0. The van der Waals surface area contributed by atoms with Crippen molar-refractivity contribution in [1.29, 1.82) is 0 Å². The third-order valence-corrected chi connectivity index (χ3v) is 7.13. The Morgan fingerprint density at radius 3 is 2.16 bits per heavy atom. The van der Waals surface area contributed by atoms with Crippen molar-refractivity contribution in [2.75, 3.05) is 35.8 Å². The summed E-state index contributed by atoms with van der Waals surface area (Å²) in [5.41, 5.74) is 3.79. The van der Waals surface area contributed by atoms with Crippen molar-refractivity contribution in [3.8, 4) is 0 Å². The van der Waals surface area contributed by atoms with Crippen LogP contribution in [-0.4, -0.2) is 45.4 Å². The number of hydrogen-bond donors (Lipinski definition) is 1. The summed E-state index contributed by atoms with van der Waals surface area (Å²) < 4.78 is 28.3. The summed E-state index contributed by atoms with van der Waals surface area (Å²) in [5.74, 6) is -0.0894. The van der Waals surface area contributed by atoms with Gasteiger partial charge in [-0.3, -0.25) is 9.52 Å². The van der Waals surface area contributed by atoms with Gasteiger partial charge in [0.1, 0.15) is 0 Å². The van der Waals surface area contributed by atoms with Gasteiger partial charge in [-0.05, 0) is 55.8 Å². The van der Waals surface area contributed by atoms with E-state index in [0.717, 1.165) is 29.9 Å². The van der Waals surface area contributed by atoms with Crippen LogP contribution in [-0.2, 0) is 10.0 Å². The van der Waals surface area contributed by atoms with E-state index in [1.54, 1.807) is 42.5 Å². The Labute approximate surface area is 189 Å². The number of nitrogens with zero attached hydrogens (tertiary/aromatic N) is 2. The number of aryl methyl sites for hydroxylation is 2. The second kappa shape index (κ2) is 9.04. The van der Waals surface area contributed by atoms with E-state index in [1.807, 2.05) is 36.9 Å². The molecule has 0 aromatic heterocycles. The zero-order chi connectivity index (χ0) is 22.7. The Hall–Kier alpha value is -3.32. The molecule has 3 aromatic carbocycles. The third-order valence-electron chi connectivity index (χ3n) is 5.75. The van der Waals surface area contributed by atoms with Gasteiger partial charge in [-0.1, -0.05) is 42.0 Å². The molecule has 6 nitrogen and oxygen atoms in total. The number of anilines is 2. The first-order valence-corrected chi connectivity index (χ1v) is 12.1. The Balaban J connectivity index is 1.47. The van der Waals surface area contributed by atoms with Gasteiger partial charge in [-0.25, -0.2) is 8.42 Å². The number of nitrogens with one attached hydrogen (secondary N) is 1. The van der Waals surface area contributed by atoms with Crippen LogP contribution in [0.1, 0.15) is 21.5 Å². The quantitative estimate of drug-likeness (QED) is 0.638. The Morgan fingerprint density at radius 1 is 0.844 bits per heavy atom. The lowest BCUT2D eigenvalue weighted by atomic mass is 10.1. The molecule has 0 radical (unpaired) electrons. The van der Waals surface area contributed by atoms with Crippen molar-refractivity contribution in [1.82, 2.24) is 4.90 Å². The Kier molecular flexibility index (Phi) is 6.19. The van der Waals surface area contributed by atoms with Crippen molar-refractivity contribution in [2.45, 2.75) is 18.7 Å². The van der Waals surface area contributed by atoms with E-state index in [-0.39, 0.29) is 10.8 Å². The SMILES string of the molecule is Cc1ccc(S(=O)(=O)Nc2cc(C(=O)N3CCN(c4ccccc4)CC3)ccc2C)cc1. The predicted molar refractivity (Wildman–Crippen MR) is 128 cm³/mol. The number of carbonyl (C=O) groups is 1. The minimum absolute atomic E-state index is 0.0894. The fraction of sp³-hybridized carbons (Fsp3) is 0.240. The Morgan fingerprint density at radius 2 is 1.50 bits per heavy atom. The first-order valence-electron chi connectivity index (χ1n) is 10.6. The van der Waals surface area contributed by atoms with Gasteiger partial charge in [0.25, 0.3) is 15.9 Å². The lowest BCUT2D eigenvalue weighted by molar-refractivity contribution is 0.0747. The van der Waals surface area contributed by atoms with Crippen LogP contribution < -0.4 is 9.62 Å². The lowest BCUT2D eigenvalue weighted by Crippen LogP contribution is -2.48. The summed E-state index contributed by atoms with van der Waals surface area (Å²) in [7, 11) is -3.74. The molecule has 166 valence electrons. The number of benzene rings is 3. The summed E-state index contributed by atoms with van der Waals surface area (Å²) in [6.45, 7) is 6.48. The molecule has 1 amide bonds. The molecule has 0 aliphatic carbocycles. The number of piperazine rings is 1. The number of hydrogen-bond acceptors (Lipinski definition) is 4. The van der Waals surface area contributed by atoms with Crippen LogP contribution in [0.15, 0.2) is 77.7 Å². The fourth-order valence-electron chi connectivity index (χ4n) is 3.78. The van der Waals surface area contributed by atoms with Crippen molar-refractivity contribution in [3.63, 3.8) is 0 Å². The molecule has 4 rings (SSSR count). The van der Waals surface area contributed by atoms with Gasteiger partial charge in [0.15, 0.2) is 0 Å². The molecule has 0 bridgehead atoms. The van der Waals surface area contributed by atoms with Gasteiger partial charge < -0.3 is 9.80 Å². The van der Waals surface area contributed by atoms with Crippen LogP contribution in [0.25, 0.3) is 0 Å². The van der Waals surface area contributed by atoms with E-state index in [0.29, 0.717) is 24.3 Å². The van der Waals surface area contributed by atoms with Gasteiger partial charge in [0.2, 0.25) is 0 Å². The maximum absolute atomic E-state index is 13.1. The molecule has 32 heavy (non-hydrogen) atoms. The molecule has 0 saturated carbocycles. The molecule has 1 saturated heterocycles. The molecule has 1 aliphatic rings. The van der Waals surface area contributed by atoms with E-state index in [2.05, 4.69) is 21.8 Å². The molecule has 0 unspecified atom stereocenters. The lowest BCUT2D eigenvalue weighted by Gasteiger charge is -2.36. The minimum Gasteiger partial charge on any atom is -0.368 e. The molecule has 0 spiro atoms. The van der Waals surface area contributed by atoms with Crippen molar-refractivity contribution in [3.05, 3.63) is 89.5 Å². The average Bonchev–Trinajstić information content (AvgIpc) is 2.81. The van der Waals surface area contributed by atoms with E-state index < -0.39 is 10.0 Å². The zero-order valence-corrected chi connectivity index (χ0v) is 19.1. The number of rotatable bonds is 5. The number of amides is 1. The zero-order valence-electron chi connectivity index (χ0n) is 18.3. The molecule has 0 atom stereocenters. The highest BCUT2D eigenvalue weighted by Gasteiger charge is 2.23. The van der Waals surface area contributed by atoms with Gasteiger partial charge in [-0.2, -0.15) is 0 Å². The van der Waals surface area contributed by atoms with E-state index >= 15 is 0 Å². The summed E-state index contributed by atoms with van der Waals surface area (Å²) in [6, 6.07) is 22.0. The molecular weight excluding hydrogens is 422 g/mol.